The van der Waals surface area contributed by atoms with Crippen molar-refractivity contribution in [2.24, 2.45) is 5.10 Å². The van der Waals surface area contributed by atoms with Gasteiger partial charge in [0.1, 0.15) is 5.75 Å². The number of allylic oxidation sites excluding steroid dienone is 2. The van der Waals surface area contributed by atoms with E-state index in [2.05, 4.69) is 23.5 Å². The van der Waals surface area contributed by atoms with Gasteiger partial charge in [-0.05, 0) is 62.9 Å². The quantitative estimate of drug-likeness (QED) is 0.857. The van der Waals surface area contributed by atoms with Crippen LogP contribution in [0.2, 0.25) is 0 Å². The van der Waals surface area contributed by atoms with E-state index in [1.54, 1.807) is 0 Å². The number of hydrogen-bond donors (Lipinski definition) is 1. The van der Waals surface area contributed by atoms with Gasteiger partial charge in [-0.2, -0.15) is 5.10 Å². The molecule has 1 aromatic rings. The van der Waals surface area contributed by atoms with E-state index < -0.39 is 0 Å². The lowest BCUT2D eigenvalue weighted by Crippen LogP contribution is -2.25. The predicted octanol–water partition coefficient (Wildman–Crippen LogP) is 2.89. The predicted molar refractivity (Wildman–Crippen MR) is 80.0 cm³/mol. The second-order valence-corrected chi connectivity index (χ2v) is 5.24. The van der Waals surface area contributed by atoms with Crippen LogP contribution >= 0.6 is 0 Å². The molecule has 2 rings (SSSR count). The standard InChI is InChI=1S/C16H20N2O2/c1-11-4-5-14(7-11)17-18-16(19)10-20-15-8-12(2)6-13(3)9-15/h6-9H,4-5,10H2,1-3H3,(H,18,19). The zero-order chi connectivity index (χ0) is 14.5. The van der Waals surface area contributed by atoms with Crippen LogP contribution in [0.5, 0.6) is 5.75 Å². The number of aryl methyl sites for hydroxylation is 2. The van der Waals surface area contributed by atoms with E-state index in [0.717, 1.165) is 29.7 Å². The lowest BCUT2D eigenvalue weighted by molar-refractivity contribution is -0.123. The molecule has 0 heterocycles. The molecule has 0 bridgehead atoms. The molecule has 1 amide bonds. The molecule has 20 heavy (non-hydrogen) atoms. The van der Waals surface area contributed by atoms with E-state index in [4.69, 9.17) is 4.74 Å². The van der Waals surface area contributed by atoms with Gasteiger partial charge in [0.2, 0.25) is 0 Å². The van der Waals surface area contributed by atoms with Gasteiger partial charge >= 0.3 is 0 Å². The Kier molecular flexibility index (Phi) is 4.56. The molecule has 1 N–H and O–H groups in total. The fourth-order valence-electron chi connectivity index (χ4n) is 2.17. The van der Waals surface area contributed by atoms with Gasteiger partial charge in [0.05, 0.1) is 5.71 Å². The highest BCUT2D eigenvalue weighted by atomic mass is 16.5. The lowest BCUT2D eigenvalue weighted by Gasteiger charge is -2.07. The Morgan fingerprint density at radius 2 is 1.90 bits per heavy atom. The van der Waals surface area contributed by atoms with E-state index in [1.165, 1.54) is 5.57 Å². The molecule has 0 fully saturated rings. The number of carbonyl (C=O) groups excluding carboxylic acids is 1. The fourth-order valence-corrected chi connectivity index (χ4v) is 2.17. The number of amides is 1. The maximum atomic E-state index is 11.7. The average Bonchev–Trinajstić information content (AvgIpc) is 2.79. The summed E-state index contributed by atoms with van der Waals surface area (Å²) in [5, 5.41) is 4.08. The Morgan fingerprint density at radius 1 is 1.20 bits per heavy atom. The third-order valence-corrected chi connectivity index (χ3v) is 3.08. The van der Waals surface area contributed by atoms with Crippen molar-refractivity contribution in [2.45, 2.75) is 33.6 Å². The zero-order valence-corrected chi connectivity index (χ0v) is 12.2. The minimum absolute atomic E-state index is 0.0254. The van der Waals surface area contributed by atoms with Crippen LogP contribution in [-0.4, -0.2) is 18.2 Å². The largest absolute Gasteiger partial charge is 0.484 e. The summed E-state index contributed by atoms with van der Waals surface area (Å²) >= 11 is 0. The number of ether oxygens (including phenoxy) is 1. The van der Waals surface area contributed by atoms with Crippen LogP contribution in [0.1, 0.15) is 30.9 Å². The van der Waals surface area contributed by atoms with Gasteiger partial charge in [-0.1, -0.05) is 11.6 Å². The van der Waals surface area contributed by atoms with Gasteiger partial charge in [-0.25, -0.2) is 5.43 Å². The first-order valence-electron chi connectivity index (χ1n) is 6.76. The van der Waals surface area contributed by atoms with E-state index in [9.17, 15) is 4.79 Å². The second kappa shape index (κ2) is 6.37. The number of benzene rings is 1. The molecule has 0 saturated carbocycles. The van der Waals surface area contributed by atoms with E-state index in [0.29, 0.717) is 5.75 Å². The number of hydrazone groups is 1. The number of nitrogens with one attached hydrogen (secondary N) is 1. The van der Waals surface area contributed by atoms with Crippen molar-refractivity contribution in [3.8, 4) is 5.75 Å². The van der Waals surface area contributed by atoms with Gasteiger partial charge in [0, 0.05) is 0 Å². The summed E-state index contributed by atoms with van der Waals surface area (Å²) in [6.45, 7) is 6.04. The Morgan fingerprint density at radius 3 is 2.50 bits per heavy atom. The van der Waals surface area contributed by atoms with Crippen molar-refractivity contribution in [2.75, 3.05) is 6.61 Å². The summed E-state index contributed by atoms with van der Waals surface area (Å²) in [5.74, 6) is 0.469. The maximum Gasteiger partial charge on any atom is 0.277 e. The highest BCUT2D eigenvalue weighted by molar-refractivity contribution is 5.98. The van der Waals surface area contributed by atoms with E-state index in [-0.39, 0.29) is 12.5 Å². The summed E-state index contributed by atoms with van der Waals surface area (Å²) in [7, 11) is 0. The van der Waals surface area contributed by atoms with Crippen molar-refractivity contribution >= 4 is 11.6 Å². The first kappa shape index (κ1) is 14.3. The van der Waals surface area contributed by atoms with Crippen LogP contribution < -0.4 is 10.2 Å². The minimum Gasteiger partial charge on any atom is -0.484 e. The van der Waals surface area contributed by atoms with Crippen molar-refractivity contribution in [1.82, 2.24) is 5.43 Å². The molecule has 1 aliphatic rings. The topological polar surface area (TPSA) is 50.7 Å². The third kappa shape index (κ3) is 4.23. The van der Waals surface area contributed by atoms with Gasteiger partial charge in [0.25, 0.3) is 5.91 Å². The van der Waals surface area contributed by atoms with Crippen molar-refractivity contribution < 1.29 is 9.53 Å². The SMILES string of the molecule is CC1=CC(=NNC(=O)COc2cc(C)cc(C)c2)CC1. The van der Waals surface area contributed by atoms with Crippen molar-refractivity contribution in [1.29, 1.82) is 0 Å². The number of hydrogen-bond acceptors (Lipinski definition) is 3. The van der Waals surface area contributed by atoms with Crippen LogP contribution in [-0.2, 0) is 4.79 Å². The normalized spacial score (nSPS) is 16.1. The summed E-state index contributed by atoms with van der Waals surface area (Å²) in [6, 6.07) is 5.89. The molecule has 0 radical (unpaired) electrons. The van der Waals surface area contributed by atoms with Gasteiger partial charge in [-0.3, -0.25) is 4.79 Å². The fraction of sp³-hybridized carbons (Fsp3) is 0.375. The van der Waals surface area contributed by atoms with Crippen LogP contribution in [0.3, 0.4) is 0 Å². The summed E-state index contributed by atoms with van der Waals surface area (Å²) in [6.07, 6.45) is 3.92. The van der Waals surface area contributed by atoms with Gasteiger partial charge in [0.15, 0.2) is 6.61 Å². The monoisotopic (exact) mass is 272 g/mol. The molecule has 4 heteroatoms. The lowest BCUT2D eigenvalue weighted by atomic mass is 10.1. The average molecular weight is 272 g/mol. The van der Waals surface area contributed by atoms with E-state index >= 15 is 0 Å². The first-order chi connectivity index (χ1) is 9.52. The smallest absolute Gasteiger partial charge is 0.277 e. The summed E-state index contributed by atoms with van der Waals surface area (Å²) in [5.41, 5.74) is 6.97. The van der Waals surface area contributed by atoms with Crippen LogP contribution in [0.25, 0.3) is 0 Å². The molecular formula is C16H20N2O2. The summed E-state index contributed by atoms with van der Waals surface area (Å²) < 4.78 is 5.47. The molecule has 0 atom stereocenters. The third-order valence-electron chi connectivity index (χ3n) is 3.08. The molecule has 1 aromatic carbocycles. The Labute approximate surface area is 119 Å². The first-order valence-corrected chi connectivity index (χ1v) is 6.76. The highest BCUT2D eigenvalue weighted by Crippen LogP contribution is 2.16. The van der Waals surface area contributed by atoms with Crippen LogP contribution in [0.15, 0.2) is 34.9 Å². The molecule has 0 aliphatic heterocycles. The minimum atomic E-state index is -0.241. The molecular weight excluding hydrogens is 252 g/mol. The van der Waals surface area contributed by atoms with Crippen molar-refractivity contribution in [3.05, 3.63) is 41.0 Å². The zero-order valence-electron chi connectivity index (χ0n) is 12.2. The van der Waals surface area contributed by atoms with Crippen LogP contribution in [0, 0.1) is 13.8 Å². The van der Waals surface area contributed by atoms with Gasteiger partial charge < -0.3 is 4.74 Å². The second-order valence-electron chi connectivity index (χ2n) is 5.24. The summed E-state index contributed by atoms with van der Waals surface area (Å²) in [4.78, 5) is 11.7. The Balaban J connectivity index is 1.83. The molecule has 4 nitrogen and oxygen atoms in total. The molecule has 0 spiro atoms. The molecule has 0 saturated heterocycles. The van der Waals surface area contributed by atoms with E-state index in [1.807, 2.05) is 32.1 Å². The molecule has 0 unspecified atom stereocenters. The number of rotatable bonds is 4. The Bertz CT molecular complexity index is 554. The molecule has 106 valence electrons. The highest BCUT2D eigenvalue weighted by Gasteiger charge is 2.08. The molecule has 1 aliphatic carbocycles. The number of nitrogens with zero attached hydrogens (tertiary/aromatic N) is 1. The van der Waals surface area contributed by atoms with Gasteiger partial charge in [-0.15, -0.1) is 0 Å². The van der Waals surface area contributed by atoms with Crippen LogP contribution in [0.4, 0.5) is 0 Å². The van der Waals surface area contributed by atoms with Crippen molar-refractivity contribution in [3.63, 3.8) is 0 Å². The molecule has 0 aromatic heterocycles. The maximum absolute atomic E-state index is 11.7. The Hall–Kier alpha value is -2.10. The number of carbonyl (C=O) groups is 1.